The monoisotopic (exact) mass is 289 g/mol. The van der Waals surface area contributed by atoms with Crippen molar-refractivity contribution in [3.63, 3.8) is 0 Å². The fraction of sp³-hybridized carbons (Fsp3) is 0.400. The summed E-state index contributed by atoms with van der Waals surface area (Å²) in [6.45, 7) is 3.28. The van der Waals surface area contributed by atoms with E-state index in [0.717, 1.165) is 5.75 Å². The Morgan fingerprint density at radius 3 is 2.83 bits per heavy atom. The molecule has 1 rings (SSSR count). The van der Waals surface area contributed by atoms with Crippen LogP contribution in [0.4, 0.5) is 0 Å². The summed E-state index contributed by atoms with van der Waals surface area (Å²) in [4.78, 5) is 30.4. The number of aliphatic carboxylic acids is 1. The lowest BCUT2D eigenvalue weighted by molar-refractivity contribution is -0.138. The number of hydrogen-bond donors (Lipinski definition) is 2. The molecule has 2 N–H and O–H groups in total. The predicted octanol–water partition coefficient (Wildman–Crippen LogP) is 1.44. The number of carbonyl (C=O) groups is 2. The van der Waals surface area contributed by atoms with Gasteiger partial charge in [0.25, 0.3) is 5.91 Å². The topological polar surface area (TPSA) is 92.2 Å². The Morgan fingerprint density at radius 1 is 1.61 bits per heavy atom. The van der Waals surface area contributed by atoms with Gasteiger partial charge in [-0.25, -0.2) is 9.97 Å². The van der Waals surface area contributed by atoms with Crippen molar-refractivity contribution in [2.45, 2.75) is 25.0 Å². The van der Waals surface area contributed by atoms with E-state index < -0.39 is 17.9 Å². The molecule has 0 saturated heterocycles. The van der Waals surface area contributed by atoms with Gasteiger partial charge in [-0.3, -0.25) is 9.59 Å². The summed E-state index contributed by atoms with van der Waals surface area (Å²) in [5.41, 5.74) is -0.0179. The molecule has 1 unspecified atom stereocenters. The first-order valence-corrected chi connectivity index (χ1v) is 6.51. The van der Waals surface area contributed by atoms with Gasteiger partial charge >= 0.3 is 5.97 Å². The molecule has 8 heteroatoms. The minimum Gasteiger partial charge on any atom is -0.480 e. The molecule has 0 aromatic carbocycles. The molecule has 0 aliphatic heterocycles. The highest BCUT2D eigenvalue weighted by atomic mass is 35.5. The molecule has 0 bridgehead atoms. The number of hydrogen-bond acceptors (Lipinski definition) is 5. The molecule has 1 aromatic heterocycles. The number of nitrogens with zero attached hydrogens (tertiary/aromatic N) is 2. The second kappa shape index (κ2) is 6.55. The second-order valence-corrected chi connectivity index (χ2v) is 4.95. The number of aromatic nitrogens is 2. The first kappa shape index (κ1) is 14.7. The molecule has 0 radical (unpaired) electrons. The lowest BCUT2D eigenvalue weighted by Crippen LogP contribution is -2.38. The molecule has 0 spiro atoms. The van der Waals surface area contributed by atoms with E-state index in [0.29, 0.717) is 5.16 Å². The van der Waals surface area contributed by atoms with Gasteiger partial charge < -0.3 is 10.4 Å². The van der Waals surface area contributed by atoms with E-state index in [1.54, 1.807) is 0 Å². The van der Waals surface area contributed by atoms with Crippen molar-refractivity contribution in [2.24, 2.45) is 0 Å². The van der Waals surface area contributed by atoms with E-state index in [-0.39, 0.29) is 10.7 Å². The Morgan fingerprint density at radius 2 is 2.28 bits per heavy atom. The summed E-state index contributed by atoms with van der Waals surface area (Å²) in [6.07, 6.45) is 1.33. The van der Waals surface area contributed by atoms with Crippen molar-refractivity contribution in [3.8, 4) is 0 Å². The zero-order chi connectivity index (χ0) is 13.7. The molecule has 1 aromatic rings. The molecule has 18 heavy (non-hydrogen) atoms. The zero-order valence-electron chi connectivity index (χ0n) is 9.81. The van der Waals surface area contributed by atoms with Gasteiger partial charge in [0.1, 0.15) is 6.04 Å². The molecular weight excluding hydrogens is 278 g/mol. The van der Waals surface area contributed by atoms with Gasteiger partial charge in [-0.1, -0.05) is 30.3 Å². The van der Waals surface area contributed by atoms with E-state index in [1.165, 1.54) is 24.9 Å². The summed E-state index contributed by atoms with van der Waals surface area (Å²) in [6, 6.07) is -1.01. The maximum atomic E-state index is 11.8. The molecule has 1 amide bonds. The van der Waals surface area contributed by atoms with Crippen molar-refractivity contribution in [3.05, 3.63) is 16.9 Å². The number of rotatable bonds is 5. The number of carboxylic acid groups (broad SMARTS) is 1. The van der Waals surface area contributed by atoms with Crippen molar-refractivity contribution in [1.29, 1.82) is 0 Å². The van der Waals surface area contributed by atoms with Crippen molar-refractivity contribution in [2.75, 3.05) is 5.75 Å². The van der Waals surface area contributed by atoms with Gasteiger partial charge in [-0.15, -0.1) is 0 Å². The summed E-state index contributed by atoms with van der Waals surface area (Å²) < 4.78 is 0. The third kappa shape index (κ3) is 3.85. The summed E-state index contributed by atoms with van der Waals surface area (Å²) >= 11 is 7.18. The third-order valence-electron chi connectivity index (χ3n) is 1.93. The Labute approximate surface area is 113 Å². The molecule has 0 saturated carbocycles. The average Bonchev–Trinajstić information content (AvgIpc) is 2.31. The smallest absolute Gasteiger partial charge is 0.325 e. The SMILES string of the molecule is CCSc1ncc(Cl)c(C(=O)NC(C)C(=O)O)n1. The van der Waals surface area contributed by atoms with E-state index in [4.69, 9.17) is 16.7 Å². The first-order valence-electron chi connectivity index (χ1n) is 5.14. The largest absolute Gasteiger partial charge is 0.480 e. The molecule has 0 aliphatic carbocycles. The number of carboxylic acids is 1. The van der Waals surface area contributed by atoms with E-state index in [9.17, 15) is 9.59 Å². The van der Waals surface area contributed by atoms with E-state index in [1.807, 2.05) is 6.92 Å². The van der Waals surface area contributed by atoms with Crippen LogP contribution in [0.2, 0.25) is 5.02 Å². The standard InChI is InChI=1S/C10H12ClN3O3S/c1-3-18-10-12-4-6(11)7(14-10)8(15)13-5(2)9(16)17/h4-5H,3H2,1-2H3,(H,13,15)(H,16,17). The van der Waals surface area contributed by atoms with Crippen LogP contribution in [0.1, 0.15) is 24.3 Å². The van der Waals surface area contributed by atoms with E-state index in [2.05, 4.69) is 15.3 Å². The number of nitrogens with one attached hydrogen (secondary N) is 1. The predicted molar refractivity (Wildman–Crippen MR) is 68.0 cm³/mol. The van der Waals surface area contributed by atoms with Crippen molar-refractivity contribution in [1.82, 2.24) is 15.3 Å². The van der Waals surface area contributed by atoms with Crippen LogP contribution in [0.25, 0.3) is 0 Å². The van der Waals surface area contributed by atoms with Crippen LogP contribution in [0, 0.1) is 0 Å². The number of halogens is 1. The van der Waals surface area contributed by atoms with Crippen LogP contribution >= 0.6 is 23.4 Å². The van der Waals surface area contributed by atoms with Gasteiger partial charge in [-0.2, -0.15) is 0 Å². The van der Waals surface area contributed by atoms with Gasteiger partial charge in [0, 0.05) is 0 Å². The van der Waals surface area contributed by atoms with Crippen LogP contribution in [0.5, 0.6) is 0 Å². The third-order valence-corrected chi connectivity index (χ3v) is 2.95. The Balaban J connectivity index is 2.90. The molecule has 0 fully saturated rings. The summed E-state index contributed by atoms with van der Waals surface area (Å²) in [7, 11) is 0. The second-order valence-electron chi connectivity index (χ2n) is 3.32. The van der Waals surface area contributed by atoms with E-state index >= 15 is 0 Å². The molecule has 1 heterocycles. The highest BCUT2D eigenvalue weighted by Gasteiger charge is 2.19. The van der Waals surface area contributed by atoms with Crippen LogP contribution in [-0.4, -0.2) is 38.7 Å². The Kier molecular flexibility index (Phi) is 5.36. The van der Waals surface area contributed by atoms with Crippen LogP contribution in [-0.2, 0) is 4.79 Å². The summed E-state index contributed by atoms with van der Waals surface area (Å²) in [5.74, 6) is -0.999. The highest BCUT2D eigenvalue weighted by molar-refractivity contribution is 7.99. The lowest BCUT2D eigenvalue weighted by Gasteiger charge is -2.10. The Bertz CT molecular complexity index is 470. The van der Waals surface area contributed by atoms with Crippen LogP contribution < -0.4 is 5.32 Å². The molecule has 6 nitrogen and oxygen atoms in total. The van der Waals surface area contributed by atoms with Crippen LogP contribution in [0.15, 0.2) is 11.4 Å². The molecule has 0 aliphatic rings. The molecule has 98 valence electrons. The zero-order valence-corrected chi connectivity index (χ0v) is 11.4. The molecular formula is C10H12ClN3O3S. The maximum absolute atomic E-state index is 11.8. The lowest BCUT2D eigenvalue weighted by atomic mass is 10.3. The highest BCUT2D eigenvalue weighted by Crippen LogP contribution is 2.17. The van der Waals surface area contributed by atoms with Crippen LogP contribution in [0.3, 0.4) is 0 Å². The maximum Gasteiger partial charge on any atom is 0.325 e. The first-order chi connectivity index (χ1) is 8.45. The molecule has 1 atom stereocenters. The fourth-order valence-corrected chi connectivity index (χ4v) is 1.75. The van der Waals surface area contributed by atoms with Crippen molar-refractivity contribution >= 4 is 35.2 Å². The number of carbonyl (C=O) groups excluding carboxylic acids is 1. The average molecular weight is 290 g/mol. The minimum absolute atomic E-state index is 0.0179. The van der Waals surface area contributed by atoms with Gasteiger partial charge in [0.05, 0.1) is 11.2 Å². The summed E-state index contributed by atoms with van der Waals surface area (Å²) in [5, 5.41) is 11.5. The van der Waals surface area contributed by atoms with Gasteiger partial charge in [-0.05, 0) is 12.7 Å². The normalized spacial score (nSPS) is 11.9. The van der Waals surface area contributed by atoms with Gasteiger partial charge in [0.15, 0.2) is 10.9 Å². The quantitative estimate of drug-likeness (QED) is 0.629. The number of amides is 1. The fourth-order valence-electron chi connectivity index (χ4n) is 1.04. The van der Waals surface area contributed by atoms with Gasteiger partial charge in [0.2, 0.25) is 0 Å². The van der Waals surface area contributed by atoms with Crippen molar-refractivity contribution < 1.29 is 14.7 Å². The Hall–Kier alpha value is -1.34. The minimum atomic E-state index is -1.13. The number of thioether (sulfide) groups is 1.